The Balaban J connectivity index is 1.62. The first kappa shape index (κ1) is 20.4. The van der Waals surface area contributed by atoms with E-state index in [0.29, 0.717) is 19.6 Å². The van der Waals surface area contributed by atoms with Crippen molar-refractivity contribution in [2.45, 2.75) is 32.7 Å². The maximum atomic E-state index is 12.4. The highest BCUT2D eigenvalue weighted by Crippen LogP contribution is 2.04. The average molecular weight is 363 g/mol. The quantitative estimate of drug-likeness (QED) is 0.539. The Hall–Kier alpha value is -1.92. The van der Waals surface area contributed by atoms with E-state index >= 15 is 0 Å². The van der Waals surface area contributed by atoms with Crippen LogP contribution in [0.15, 0.2) is 30.3 Å². The van der Waals surface area contributed by atoms with Crippen LogP contribution in [0.1, 0.15) is 37.6 Å². The fourth-order valence-corrected chi connectivity index (χ4v) is 3.12. The highest BCUT2D eigenvalue weighted by Gasteiger charge is 2.25. The Labute approximate surface area is 156 Å². The summed E-state index contributed by atoms with van der Waals surface area (Å²) in [6.45, 7) is 11.9. The number of nitrogens with zero attached hydrogens (tertiary/aromatic N) is 1. The van der Waals surface area contributed by atoms with Crippen LogP contribution in [0.4, 0.5) is 0 Å². The minimum absolute atomic E-state index is 0.0872. The van der Waals surface area contributed by atoms with Crippen LogP contribution in [0, 0.1) is 0 Å². The van der Waals surface area contributed by atoms with E-state index in [0.717, 1.165) is 38.2 Å². The van der Waals surface area contributed by atoms with E-state index in [4.69, 9.17) is 0 Å². The SMILES string of the molecule is CC(C)(C)[NH2+]CCCNC(=O)C[NH+]1CCN(C(=O)c2ccccc2)CC1. The van der Waals surface area contributed by atoms with Gasteiger partial charge in [-0.2, -0.15) is 0 Å². The third-order valence-electron chi connectivity index (χ3n) is 4.65. The number of rotatable bonds is 7. The van der Waals surface area contributed by atoms with E-state index in [1.807, 2.05) is 35.2 Å². The van der Waals surface area contributed by atoms with Gasteiger partial charge in [-0.3, -0.25) is 9.59 Å². The average Bonchev–Trinajstić information content (AvgIpc) is 2.61. The van der Waals surface area contributed by atoms with Gasteiger partial charge in [0.25, 0.3) is 11.8 Å². The molecular formula is C20H34N4O2+2. The molecule has 0 unspecified atom stereocenters. The molecule has 0 saturated carbocycles. The molecule has 0 aromatic heterocycles. The summed E-state index contributed by atoms with van der Waals surface area (Å²) in [7, 11) is 0. The topological polar surface area (TPSA) is 70.5 Å². The Bertz CT molecular complexity index is 575. The Morgan fingerprint density at radius 2 is 1.81 bits per heavy atom. The van der Waals surface area contributed by atoms with Crippen LogP contribution in [-0.4, -0.2) is 68.1 Å². The molecule has 2 rings (SSSR count). The minimum atomic E-state index is 0.0872. The van der Waals surface area contributed by atoms with Crippen molar-refractivity contribution in [3.05, 3.63) is 35.9 Å². The molecular weight excluding hydrogens is 328 g/mol. The van der Waals surface area contributed by atoms with Crippen molar-refractivity contribution in [2.75, 3.05) is 45.8 Å². The molecule has 1 aromatic rings. The van der Waals surface area contributed by atoms with E-state index in [2.05, 4.69) is 31.4 Å². The standard InChI is InChI=1S/C20H32N4O2/c1-20(2,3)22-11-7-10-21-18(25)16-23-12-14-24(15-13-23)19(26)17-8-5-4-6-9-17/h4-6,8-9,22H,7,10-16H2,1-3H3,(H,21,25)/p+2. The number of carbonyl (C=O) groups is 2. The van der Waals surface area contributed by atoms with Gasteiger partial charge in [-0.05, 0) is 32.9 Å². The summed E-state index contributed by atoms with van der Waals surface area (Å²) in [5, 5.41) is 5.31. The number of benzene rings is 1. The minimum Gasteiger partial charge on any atom is -0.351 e. The summed E-state index contributed by atoms with van der Waals surface area (Å²) in [5.41, 5.74) is 0.978. The summed E-state index contributed by atoms with van der Waals surface area (Å²) < 4.78 is 0. The molecule has 0 atom stereocenters. The lowest BCUT2D eigenvalue weighted by Gasteiger charge is -2.32. The van der Waals surface area contributed by atoms with Gasteiger partial charge in [0, 0.05) is 18.5 Å². The lowest BCUT2D eigenvalue weighted by Crippen LogP contribution is -3.15. The van der Waals surface area contributed by atoms with Crippen LogP contribution in [0.25, 0.3) is 0 Å². The van der Waals surface area contributed by atoms with Crippen LogP contribution < -0.4 is 15.5 Å². The first-order valence-corrected chi connectivity index (χ1v) is 9.64. The van der Waals surface area contributed by atoms with Crippen molar-refractivity contribution in [3.8, 4) is 0 Å². The Kier molecular flexibility index (Phi) is 7.60. The second-order valence-electron chi connectivity index (χ2n) is 8.15. The van der Waals surface area contributed by atoms with Gasteiger partial charge < -0.3 is 20.4 Å². The second-order valence-corrected chi connectivity index (χ2v) is 8.15. The normalized spacial score (nSPS) is 15.7. The van der Waals surface area contributed by atoms with Crippen LogP contribution in [-0.2, 0) is 4.79 Å². The van der Waals surface area contributed by atoms with E-state index in [9.17, 15) is 9.59 Å². The van der Waals surface area contributed by atoms with Crippen LogP contribution in [0.5, 0.6) is 0 Å². The van der Waals surface area contributed by atoms with E-state index in [1.54, 1.807) is 0 Å². The molecule has 0 radical (unpaired) electrons. The number of nitrogens with two attached hydrogens (primary N) is 1. The number of carbonyl (C=O) groups excluding carboxylic acids is 2. The zero-order valence-corrected chi connectivity index (χ0v) is 16.4. The lowest BCUT2D eigenvalue weighted by molar-refractivity contribution is -0.896. The molecule has 1 aromatic carbocycles. The predicted octanol–water partition coefficient (Wildman–Crippen LogP) is -1.10. The smallest absolute Gasteiger partial charge is 0.275 e. The number of piperazine rings is 1. The highest BCUT2D eigenvalue weighted by atomic mass is 16.2. The highest BCUT2D eigenvalue weighted by molar-refractivity contribution is 5.94. The van der Waals surface area contributed by atoms with Gasteiger partial charge in [0.15, 0.2) is 6.54 Å². The Morgan fingerprint density at radius 1 is 1.15 bits per heavy atom. The fourth-order valence-electron chi connectivity index (χ4n) is 3.12. The first-order chi connectivity index (χ1) is 12.3. The molecule has 144 valence electrons. The number of quaternary nitrogens is 2. The molecule has 1 aliphatic heterocycles. The Morgan fingerprint density at radius 3 is 2.42 bits per heavy atom. The summed E-state index contributed by atoms with van der Waals surface area (Å²) in [6.07, 6.45) is 0.984. The van der Waals surface area contributed by atoms with Crippen molar-refractivity contribution >= 4 is 11.8 Å². The van der Waals surface area contributed by atoms with E-state index in [-0.39, 0.29) is 17.4 Å². The molecule has 6 heteroatoms. The van der Waals surface area contributed by atoms with Gasteiger partial charge >= 0.3 is 0 Å². The van der Waals surface area contributed by atoms with E-state index < -0.39 is 0 Å². The zero-order chi connectivity index (χ0) is 19.0. The molecule has 6 nitrogen and oxygen atoms in total. The predicted molar refractivity (Wildman–Crippen MR) is 102 cm³/mol. The number of amides is 2. The van der Waals surface area contributed by atoms with E-state index in [1.165, 1.54) is 4.90 Å². The molecule has 0 spiro atoms. The van der Waals surface area contributed by atoms with Crippen molar-refractivity contribution in [2.24, 2.45) is 0 Å². The summed E-state index contributed by atoms with van der Waals surface area (Å²) in [5.74, 6) is 0.197. The maximum absolute atomic E-state index is 12.4. The van der Waals surface area contributed by atoms with Gasteiger partial charge in [-0.25, -0.2) is 0 Å². The summed E-state index contributed by atoms with van der Waals surface area (Å²) >= 11 is 0. The molecule has 4 N–H and O–H groups in total. The van der Waals surface area contributed by atoms with Crippen LogP contribution >= 0.6 is 0 Å². The van der Waals surface area contributed by atoms with Crippen molar-refractivity contribution in [3.63, 3.8) is 0 Å². The van der Waals surface area contributed by atoms with Gasteiger partial charge in [0.1, 0.15) is 0 Å². The molecule has 1 aliphatic rings. The molecule has 0 bridgehead atoms. The van der Waals surface area contributed by atoms with Gasteiger partial charge in [-0.1, -0.05) is 18.2 Å². The molecule has 1 fully saturated rings. The van der Waals surface area contributed by atoms with Gasteiger partial charge in [0.05, 0.1) is 38.3 Å². The number of hydrogen-bond donors (Lipinski definition) is 3. The van der Waals surface area contributed by atoms with Crippen molar-refractivity contribution in [1.82, 2.24) is 10.2 Å². The third-order valence-corrected chi connectivity index (χ3v) is 4.65. The lowest BCUT2D eigenvalue weighted by atomic mass is 10.1. The monoisotopic (exact) mass is 362 g/mol. The van der Waals surface area contributed by atoms with Crippen molar-refractivity contribution < 1.29 is 19.8 Å². The zero-order valence-electron chi connectivity index (χ0n) is 16.4. The summed E-state index contributed by atoms with van der Waals surface area (Å²) in [6, 6.07) is 9.40. The summed E-state index contributed by atoms with van der Waals surface area (Å²) in [4.78, 5) is 27.7. The third kappa shape index (κ3) is 7.14. The molecule has 2 amide bonds. The second kappa shape index (κ2) is 9.69. The fraction of sp³-hybridized carbons (Fsp3) is 0.600. The molecule has 0 aliphatic carbocycles. The number of hydrogen-bond acceptors (Lipinski definition) is 2. The van der Waals surface area contributed by atoms with Crippen molar-refractivity contribution in [1.29, 1.82) is 0 Å². The molecule has 1 saturated heterocycles. The van der Waals surface area contributed by atoms with Gasteiger partial charge in [-0.15, -0.1) is 0 Å². The molecule has 1 heterocycles. The van der Waals surface area contributed by atoms with Crippen LogP contribution in [0.3, 0.4) is 0 Å². The maximum Gasteiger partial charge on any atom is 0.275 e. The number of nitrogens with one attached hydrogen (secondary N) is 2. The largest absolute Gasteiger partial charge is 0.351 e. The molecule has 26 heavy (non-hydrogen) atoms. The van der Waals surface area contributed by atoms with Crippen LogP contribution in [0.2, 0.25) is 0 Å². The first-order valence-electron chi connectivity index (χ1n) is 9.64. The van der Waals surface area contributed by atoms with Gasteiger partial charge in [0.2, 0.25) is 0 Å².